The van der Waals surface area contributed by atoms with Crippen molar-refractivity contribution in [2.75, 3.05) is 6.61 Å². The van der Waals surface area contributed by atoms with Gasteiger partial charge in [0, 0.05) is 6.54 Å². The monoisotopic (exact) mass is 323 g/mol. The summed E-state index contributed by atoms with van der Waals surface area (Å²) in [6.07, 6.45) is 3.50. The summed E-state index contributed by atoms with van der Waals surface area (Å²) in [5.74, 6) is 0.215. The molecule has 1 amide bonds. The van der Waals surface area contributed by atoms with Crippen LogP contribution in [0.3, 0.4) is 0 Å². The van der Waals surface area contributed by atoms with Crippen molar-refractivity contribution in [3.63, 3.8) is 0 Å². The van der Waals surface area contributed by atoms with Crippen LogP contribution in [-0.2, 0) is 11.3 Å². The maximum absolute atomic E-state index is 12.8. The normalized spacial score (nSPS) is 12.5. The highest BCUT2D eigenvalue weighted by atomic mass is 16.3. The lowest BCUT2D eigenvalue weighted by molar-refractivity contribution is -0.130. The molecule has 2 aromatic carbocycles. The Balaban J connectivity index is 2.31. The van der Waals surface area contributed by atoms with E-state index in [9.17, 15) is 9.90 Å². The standard InChI is InChI=1S/C21H25NO2/c1-17(2)13-14-21(24)22(15-18-9-5-3-6-10-18)20(16-23)19-11-7-4-8-12-19/h3-14,17,20,23H,15-16H2,1-2H3/b14-13+/t20-/m0/s1. The quantitative estimate of drug-likeness (QED) is 0.784. The summed E-state index contributed by atoms with van der Waals surface area (Å²) in [5.41, 5.74) is 1.97. The van der Waals surface area contributed by atoms with Gasteiger partial charge in [-0.1, -0.05) is 80.6 Å². The van der Waals surface area contributed by atoms with Crippen LogP contribution in [0.5, 0.6) is 0 Å². The molecule has 0 aliphatic rings. The molecule has 3 nitrogen and oxygen atoms in total. The van der Waals surface area contributed by atoms with Gasteiger partial charge in [-0.25, -0.2) is 0 Å². The molecular formula is C21H25NO2. The lowest BCUT2D eigenvalue weighted by Crippen LogP contribution is -2.35. The van der Waals surface area contributed by atoms with Crippen molar-refractivity contribution in [1.29, 1.82) is 0 Å². The summed E-state index contributed by atoms with van der Waals surface area (Å²) in [7, 11) is 0. The topological polar surface area (TPSA) is 40.5 Å². The van der Waals surface area contributed by atoms with E-state index in [4.69, 9.17) is 0 Å². The van der Waals surface area contributed by atoms with Crippen LogP contribution in [0.4, 0.5) is 0 Å². The fourth-order valence-electron chi connectivity index (χ4n) is 2.55. The van der Waals surface area contributed by atoms with E-state index < -0.39 is 0 Å². The van der Waals surface area contributed by atoms with Crippen LogP contribution in [0.25, 0.3) is 0 Å². The number of carbonyl (C=O) groups is 1. The molecule has 0 spiro atoms. The second-order valence-electron chi connectivity index (χ2n) is 6.16. The van der Waals surface area contributed by atoms with E-state index in [1.165, 1.54) is 0 Å². The molecule has 0 saturated heterocycles. The number of aliphatic hydroxyl groups is 1. The number of rotatable bonds is 7. The predicted molar refractivity (Wildman–Crippen MR) is 97.2 cm³/mol. The van der Waals surface area contributed by atoms with Crippen LogP contribution in [0, 0.1) is 5.92 Å². The zero-order valence-electron chi connectivity index (χ0n) is 14.3. The van der Waals surface area contributed by atoms with Crippen molar-refractivity contribution in [2.24, 2.45) is 5.92 Å². The summed E-state index contributed by atoms with van der Waals surface area (Å²) in [4.78, 5) is 14.5. The van der Waals surface area contributed by atoms with Crippen molar-refractivity contribution < 1.29 is 9.90 Å². The highest BCUT2D eigenvalue weighted by Gasteiger charge is 2.23. The first-order chi connectivity index (χ1) is 11.6. The van der Waals surface area contributed by atoms with E-state index in [0.29, 0.717) is 12.5 Å². The number of amides is 1. The van der Waals surface area contributed by atoms with Gasteiger partial charge in [-0.05, 0) is 23.1 Å². The molecule has 0 aromatic heterocycles. The molecule has 0 aliphatic heterocycles. The number of aliphatic hydroxyl groups excluding tert-OH is 1. The lowest BCUT2D eigenvalue weighted by atomic mass is 10.0. The number of carbonyl (C=O) groups excluding carboxylic acids is 1. The molecule has 0 fully saturated rings. The van der Waals surface area contributed by atoms with E-state index >= 15 is 0 Å². The van der Waals surface area contributed by atoms with Crippen molar-refractivity contribution in [3.8, 4) is 0 Å². The number of hydrogen-bond donors (Lipinski definition) is 1. The van der Waals surface area contributed by atoms with Gasteiger partial charge in [-0.15, -0.1) is 0 Å². The SMILES string of the molecule is CC(C)/C=C/C(=O)N(Cc1ccccc1)[C@@H](CO)c1ccccc1. The fourth-order valence-corrected chi connectivity index (χ4v) is 2.55. The van der Waals surface area contributed by atoms with Crippen LogP contribution in [0.15, 0.2) is 72.8 Å². The Morgan fingerprint density at radius 1 is 1.04 bits per heavy atom. The van der Waals surface area contributed by atoms with Gasteiger partial charge in [-0.3, -0.25) is 4.79 Å². The number of hydrogen-bond acceptors (Lipinski definition) is 2. The van der Waals surface area contributed by atoms with E-state index in [1.54, 1.807) is 11.0 Å². The van der Waals surface area contributed by atoms with E-state index in [0.717, 1.165) is 11.1 Å². The molecule has 24 heavy (non-hydrogen) atoms. The third-order valence-corrected chi connectivity index (χ3v) is 3.84. The number of allylic oxidation sites excluding steroid dienone is 1. The molecule has 0 saturated carbocycles. The minimum Gasteiger partial charge on any atom is -0.394 e. The fraction of sp³-hybridized carbons (Fsp3) is 0.286. The molecule has 2 aromatic rings. The van der Waals surface area contributed by atoms with Crippen LogP contribution in [0.1, 0.15) is 31.0 Å². The predicted octanol–water partition coefficient (Wildman–Crippen LogP) is 3.96. The summed E-state index contributed by atoms with van der Waals surface area (Å²) >= 11 is 0. The zero-order chi connectivity index (χ0) is 17.4. The van der Waals surface area contributed by atoms with Crippen LogP contribution in [-0.4, -0.2) is 22.5 Å². The van der Waals surface area contributed by atoms with Crippen LogP contribution in [0.2, 0.25) is 0 Å². The van der Waals surface area contributed by atoms with E-state index in [1.807, 2.05) is 80.6 Å². The zero-order valence-corrected chi connectivity index (χ0v) is 14.3. The van der Waals surface area contributed by atoms with Gasteiger partial charge in [0.1, 0.15) is 0 Å². The van der Waals surface area contributed by atoms with Gasteiger partial charge >= 0.3 is 0 Å². The maximum atomic E-state index is 12.8. The Morgan fingerprint density at radius 2 is 1.62 bits per heavy atom. The van der Waals surface area contributed by atoms with Gasteiger partial charge < -0.3 is 10.0 Å². The Hall–Kier alpha value is -2.39. The second-order valence-corrected chi connectivity index (χ2v) is 6.16. The van der Waals surface area contributed by atoms with Crippen molar-refractivity contribution in [1.82, 2.24) is 4.90 Å². The first kappa shape index (κ1) is 18.0. The Morgan fingerprint density at radius 3 is 2.17 bits per heavy atom. The highest BCUT2D eigenvalue weighted by Crippen LogP contribution is 2.23. The summed E-state index contributed by atoms with van der Waals surface area (Å²) in [6, 6.07) is 19.1. The molecule has 0 heterocycles. The molecular weight excluding hydrogens is 298 g/mol. The molecule has 0 bridgehead atoms. The maximum Gasteiger partial charge on any atom is 0.247 e. The second kappa shape index (κ2) is 9.04. The molecule has 0 aliphatic carbocycles. The molecule has 2 rings (SSSR count). The third-order valence-electron chi connectivity index (χ3n) is 3.84. The van der Waals surface area contributed by atoms with Gasteiger partial charge in [0.2, 0.25) is 5.91 Å². The largest absolute Gasteiger partial charge is 0.394 e. The summed E-state index contributed by atoms with van der Waals surface area (Å²) in [5, 5.41) is 9.94. The molecule has 3 heteroatoms. The first-order valence-corrected chi connectivity index (χ1v) is 8.30. The first-order valence-electron chi connectivity index (χ1n) is 8.30. The highest BCUT2D eigenvalue weighted by molar-refractivity contribution is 5.88. The lowest BCUT2D eigenvalue weighted by Gasteiger charge is -2.30. The molecule has 0 radical (unpaired) electrons. The minimum absolute atomic E-state index is 0.0875. The van der Waals surface area contributed by atoms with Crippen molar-refractivity contribution >= 4 is 5.91 Å². The number of benzene rings is 2. The van der Waals surface area contributed by atoms with Crippen molar-refractivity contribution in [3.05, 3.63) is 83.9 Å². The van der Waals surface area contributed by atoms with Gasteiger partial charge in [0.25, 0.3) is 0 Å². The summed E-state index contributed by atoms with van der Waals surface area (Å²) < 4.78 is 0. The average molecular weight is 323 g/mol. The number of nitrogens with zero attached hydrogens (tertiary/aromatic N) is 1. The van der Waals surface area contributed by atoms with Gasteiger partial charge in [0.05, 0.1) is 12.6 Å². The third kappa shape index (κ3) is 5.07. The average Bonchev–Trinajstić information content (AvgIpc) is 2.61. The molecule has 1 N–H and O–H groups in total. The van der Waals surface area contributed by atoms with Crippen molar-refractivity contribution in [2.45, 2.75) is 26.4 Å². The minimum atomic E-state index is -0.365. The smallest absolute Gasteiger partial charge is 0.247 e. The molecule has 126 valence electrons. The summed E-state index contributed by atoms with van der Waals surface area (Å²) in [6.45, 7) is 4.42. The molecule has 0 unspecified atom stereocenters. The van der Waals surface area contributed by atoms with E-state index in [2.05, 4.69) is 0 Å². The molecule has 1 atom stereocenters. The van der Waals surface area contributed by atoms with Gasteiger partial charge in [-0.2, -0.15) is 0 Å². The Labute approximate surface area is 144 Å². The van der Waals surface area contributed by atoms with Gasteiger partial charge in [0.15, 0.2) is 0 Å². The Kier molecular flexibility index (Phi) is 6.76. The van der Waals surface area contributed by atoms with Crippen LogP contribution < -0.4 is 0 Å². The van der Waals surface area contributed by atoms with Crippen LogP contribution >= 0.6 is 0 Å². The Bertz CT molecular complexity index is 650. The van der Waals surface area contributed by atoms with E-state index in [-0.39, 0.29) is 18.6 Å².